The Morgan fingerprint density at radius 2 is 2.05 bits per heavy atom. The number of aromatic nitrogens is 4. The van der Waals surface area contributed by atoms with Crippen LogP contribution in [0.3, 0.4) is 0 Å². The molecule has 0 saturated carbocycles. The minimum Gasteiger partial charge on any atom is -0.311 e. The molecular formula is C15H23N5. The third-order valence-corrected chi connectivity index (χ3v) is 2.98. The maximum Gasteiger partial charge on any atom is 0.131 e. The largest absolute Gasteiger partial charge is 0.311 e. The van der Waals surface area contributed by atoms with E-state index in [4.69, 9.17) is 4.98 Å². The summed E-state index contributed by atoms with van der Waals surface area (Å²) in [5.41, 5.74) is 1.93. The van der Waals surface area contributed by atoms with Gasteiger partial charge >= 0.3 is 0 Å². The standard InChI is InChI=1S/C15H23N5/c1-11(2)8-16-9-13-14(20-7-5-6-18-20)10-17-15(19-13)12(3)4/h5-7,10-12,16H,8-9H2,1-4H3. The minimum atomic E-state index is 0.325. The molecule has 0 amide bonds. The highest BCUT2D eigenvalue weighted by Crippen LogP contribution is 2.15. The smallest absolute Gasteiger partial charge is 0.131 e. The zero-order chi connectivity index (χ0) is 14.5. The van der Waals surface area contributed by atoms with Crippen LogP contribution in [0, 0.1) is 5.92 Å². The van der Waals surface area contributed by atoms with Gasteiger partial charge in [0.25, 0.3) is 0 Å². The van der Waals surface area contributed by atoms with Gasteiger partial charge in [0.15, 0.2) is 0 Å². The van der Waals surface area contributed by atoms with Crippen LogP contribution in [0.1, 0.15) is 45.1 Å². The Morgan fingerprint density at radius 3 is 2.65 bits per heavy atom. The summed E-state index contributed by atoms with van der Waals surface area (Å²) in [6.45, 7) is 10.3. The van der Waals surface area contributed by atoms with Gasteiger partial charge < -0.3 is 5.32 Å². The molecule has 2 aromatic heterocycles. The molecule has 5 nitrogen and oxygen atoms in total. The number of rotatable bonds is 6. The average Bonchev–Trinajstić information content (AvgIpc) is 2.91. The highest BCUT2D eigenvalue weighted by atomic mass is 15.3. The van der Waals surface area contributed by atoms with Crippen LogP contribution >= 0.6 is 0 Å². The van der Waals surface area contributed by atoms with E-state index in [9.17, 15) is 0 Å². The van der Waals surface area contributed by atoms with E-state index in [2.05, 4.69) is 43.1 Å². The van der Waals surface area contributed by atoms with Gasteiger partial charge in [-0.3, -0.25) is 0 Å². The van der Waals surface area contributed by atoms with Crippen LogP contribution in [0.5, 0.6) is 0 Å². The first-order chi connectivity index (χ1) is 9.58. The van der Waals surface area contributed by atoms with Crippen molar-refractivity contribution >= 4 is 0 Å². The van der Waals surface area contributed by atoms with Crippen LogP contribution in [-0.4, -0.2) is 26.3 Å². The molecule has 0 saturated heterocycles. The van der Waals surface area contributed by atoms with Crippen molar-refractivity contribution in [2.24, 2.45) is 5.92 Å². The van der Waals surface area contributed by atoms with Crippen LogP contribution in [-0.2, 0) is 6.54 Å². The summed E-state index contributed by atoms with van der Waals surface area (Å²) in [7, 11) is 0. The first-order valence-electron chi connectivity index (χ1n) is 7.14. The predicted molar refractivity (Wildman–Crippen MR) is 79.8 cm³/mol. The third-order valence-electron chi connectivity index (χ3n) is 2.98. The van der Waals surface area contributed by atoms with Crippen molar-refractivity contribution in [1.29, 1.82) is 0 Å². The molecule has 0 aliphatic carbocycles. The molecule has 0 aromatic carbocycles. The van der Waals surface area contributed by atoms with Crippen LogP contribution in [0.15, 0.2) is 24.7 Å². The van der Waals surface area contributed by atoms with E-state index in [1.807, 2.05) is 23.1 Å². The molecule has 20 heavy (non-hydrogen) atoms. The Bertz CT molecular complexity index is 531. The fourth-order valence-electron chi connectivity index (χ4n) is 1.92. The Morgan fingerprint density at radius 1 is 1.25 bits per heavy atom. The van der Waals surface area contributed by atoms with E-state index in [-0.39, 0.29) is 0 Å². The van der Waals surface area contributed by atoms with Crippen LogP contribution in [0.4, 0.5) is 0 Å². The lowest BCUT2D eigenvalue weighted by Crippen LogP contribution is -2.21. The number of hydrogen-bond acceptors (Lipinski definition) is 4. The second-order valence-corrected chi connectivity index (χ2v) is 5.69. The van der Waals surface area contributed by atoms with Gasteiger partial charge in [-0.25, -0.2) is 14.6 Å². The SMILES string of the molecule is CC(C)CNCc1nc(C(C)C)ncc1-n1cccn1. The van der Waals surface area contributed by atoms with Crippen LogP contribution < -0.4 is 5.32 Å². The average molecular weight is 273 g/mol. The van der Waals surface area contributed by atoms with Gasteiger partial charge in [0, 0.05) is 24.9 Å². The molecule has 0 fully saturated rings. The Hall–Kier alpha value is -1.75. The fourth-order valence-corrected chi connectivity index (χ4v) is 1.92. The van der Waals surface area contributed by atoms with Gasteiger partial charge in [0.05, 0.1) is 11.9 Å². The molecule has 0 bridgehead atoms. The summed E-state index contributed by atoms with van der Waals surface area (Å²) in [4.78, 5) is 9.13. The van der Waals surface area contributed by atoms with Crippen molar-refractivity contribution in [1.82, 2.24) is 25.1 Å². The Labute approximate surface area is 120 Å². The number of hydrogen-bond donors (Lipinski definition) is 1. The number of nitrogens with zero attached hydrogens (tertiary/aromatic N) is 4. The number of nitrogens with one attached hydrogen (secondary N) is 1. The Kier molecular flexibility index (Phi) is 4.84. The van der Waals surface area contributed by atoms with Gasteiger partial charge in [-0.1, -0.05) is 27.7 Å². The van der Waals surface area contributed by atoms with E-state index >= 15 is 0 Å². The zero-order valence-electron chi connectivity index (χ0n) is 12.7. The van der Waals surface area contributed by atoms with Crippen molar-refractivity contribution in [3.05, 3.63) is 36.2 Å². The van der Waals surface area contributed by atoms with E-state index < -0.39 is 0 Å². The minimum absolute atomic E-state index is 0.325. The van der Waals surface area contributed by atoms with Crippen molar-refractivity contribution < 1.29 is 0 Å². The zero-order valence-corrected chi connectivity index (χ0v) is 12.7. The summed E-state index contributed by atoms with van der Waals surface area (Å²) < 4.78 is 1.82. The summed E-state index contributed by atoms with van der Waals surface area (Å²) >= 11 is 0. The Balaban J connectivity index is 2.26. The molecule has 0 unspecified atom stereocenters. The first kappa shape index (κ1) is 14.7. The maximum atomic E-state index is 4.69. The topological polar surface area (TPSA) is 55.6 Å². The first-order valence-corrected chi connectivity index (χ1v) is 7.14. The molecule has 2 rings (SSSR count). The van der Waals surface area contributed by atoms with Gasteiger partial charge in [0.1, 0.15) is 11.5 Å². The normalized spacial score (nSPS) is 11.5. The summed E-state index contributed by atoms with van der Waals surface area (Å²) in [6, 6.07) is 1.90. The molecule has 1 N–H and O–H groups in total. The highest BCUT2D eigenvalue weighted by molar-refractivity contribution is 5.33. The molecule has 0 atom stereocenters. The lowest BCUT2D eigenvalue weighted by Gasteiger charge is -2.13. The van der Waals surface area contributed by atoms with Crippen LogP contribution in [0.2, 0.25) is 0 Å². The summed E-state index contributed by atoms with van der Waals surface area (Å²) in [6.07, 6.45) is 5.54. The lowest BCUT2D eigenvalue weighted by atomic mass is 10.2. The van der Waals surface area contributed by atoms with Crippen molar-refractivity contribution in [2.45, 2.75) is 40.2 Å². The molecule has 0 aliphatic heterocycles. The maximum absolute atomic E-state index is 4.69. The van der Waals surface area contributed by atoms with Crippen molar-refractivity contribution in [3.63, 3.8) is 0 Å². The summed E-state index contributed by atoms with van der Waals surface area (Å²) in [5, 5.41) is 7.71. The fraction of sp³-hybridized carbons (Fsp3) is 0.533. The van der Waals surface area contributed by atoms with Crippen LogP contribution in [0.25, 0.3) is 5.69 Å². The van der Waals surface area contributed by atoms with E-state index in [1.165, 1.54) is 0 Å². The molecule has 0 radical (unpaired) electrons. The second-order valence-electron chi connectivity index (χ2n) is 5.69. The molecule has 2 aromatic rings. The monoisotopic (exact) mass is 273 g/mol. The quantitative estimate of drug-likeness (QED) is 0.878. The van der Waals surface area contributed by atoms with Gasteiger partial charge in [0.2, 0.25) is 0 Å². The predicted octanol–water partition coefficient (Wildman–Crippen LogP) is 2.53. The van der Waals surface area contributed by atoms with Gasteiger partial charge in [-0.15, -0.1) is 0 Å². The molecule has 0 spiro atoms. The lowest BCUT2D eigenvalue weighted by molar-refractivity contribution is 0.544. The van der Waals surface area contributed by atoms with Gasteiger partial charge in [-0.05, 0) is 18.5 Å². The van der Waals surface area contributed by atoms with Crippen molar-refractivity contribution in [2.75, 3.05) is 6.54 Å². The summed E-state index contributed by atoms with van der Waals surface area (Å²) in [5.74, 6) is 1.82. The molecular weight excluding hydrogens is 250 g/mol. The molecule has 2 heterocycles. The second kappa shape index (κ2) is 6.61. The van der Waals surface area contributed by atoms with Gasteiger partial charge in [-0.2, -0.15) is 5.10 Å². The molecule has 108 valence electrons. The van der Waals surface area contributed by atoms with E-state index in [1.54, 1.807) is 6.20 Å². The van der Waals surface area contributed by atoms with Crippen molar-refractivity contribution in [3.8, 4) is 5.69 Å². The van der Waals surface area contributed by atoms with E-state index in [0.717, 1.165) is 30.3 Å². The third kappa shape index (κ3) is 3.63. The highest BCUT2D eigenvalue weighted by Gasteiger charge is 2.11. The van der Waals surface area contributed by atoms with E-state index in [0.29, 0.717) is 11.8 Å². The molecule has 5 heteroatoms. The molecule has 0 aliphatic rings.